The number of hydrogen-bond donors (Lipinski definition) is 0. The molecule has 1 aromatic rings. The van der Waals surface area contributed by atoms with E-state index in [1.165, 1.54) is 12.1 Å². The summed E-state index contributed by atoms with van der Waals surface area (Å²) >= 11 is 0. The van der Waals surface area contributed by atoms with Gasteiger partial charge in [0, 0.05) is 23.3 Å². The first-order chi connectivity index (χ1) is 14.5. The molecule has 0 aromatic heterocycles. The lowest BCUT2D eigenvalue weighted by molar-refractivity contribution is -0.274. The van der Waals surface area contributed by atoms with Crippen LogP contribution in [0.4, 0.5) is 13.2 Å². The van der Waals surface area contributed by atoms with Gasteiger partial charge in [0.05, 0.1) is 5.56 Å². The van der Waals surface area contributed by atoms with Crippen molar-refractivity contribution in [3.05, 3.63) is 42.0 Å². The molecule has 1 aromatic carbocycles. The van der Waals surface area contributed by atoms with Crippen LogP contribution in [0.1, 0.15) is 49.9 Å². The first kappa shape index (κ1) is 21.7. The number of halogens is 3. The Balaban J connectivity index is 1.50. The molecule has 1 heterocycles. The van der Waals surface area contributed by atoms with E-state index in [-0.39, 0.29) is 40.8 Å². The van der Waals surface area contributed by atoms with Gasteiger partial charge in [-0.05, 0) is 49.3 Å². The van der Waals surface area contributed by atoms with Crippen molar-refractivity contribution in [1.29, 1.82) is 0 Å². The highest BCUT2D eigenvalue weighted by atomic mass is 19.4. The van der Waals surface area contributed by atoms with Gasteiger partial charge in [-0.2, -0.15) is 0 Å². The third-order valence-electron chi connectivity index (χ3n) is 7.25. The molecular weight excluding hydrogens is 413 g/mol. The van der Waals surface area contributed by atoms with Gasteiger partial charge in [0.15, 0.2) is 0 Å². The van der Waals surface area contributed by atoms with E-state index >= 15 is 0 Å². The second-order valence-corrected chi connectivity index (χ2v) is 9.14. The van der Waals surface area contributed by atoms with E-state index in [1.54, 1.807) is 0 Å². The highest BCUT2D eigenvalue weighted by Crippen LogP contribution is 2.58. The lowest BCUT2D eigenvalue weighted by atomic mass is 9.53. The molecule has 168 valence electrons. The third kappa shape index (κ3) is 4.04. The van der Waals surface area contributed by atoms with Crippen LogP contribution in [0.5, 0.6) is 5.75 Å². The molecule has 2 aliphatic carbocycles. The van der Waals surface area contributed by atoms with Crippen molar-refractivity contribution in [1.82, 2.24) is 0 Å². The molecule has 0 radical (unpaired) electrons. The van der Waals surface area contributed by atoms with Gasteiger partial charge in [-0.25, -0.2) is 9.59 Å². The molecule has 4 rings (SSSR count). The number of hydrogen-bond acceptors (Lipinski definition) is 5. The first-order valence-electron chi connectivity index (χ1n) is 10.4. The van der Waals surface area contributed by atoms with Crippen molar-refractivity contribution in [2.24, 2.45) is 23.2 Å². The Morgan fingerprint density at radius 1 is 1.26 bits per heavy atom. The van der Waals surface area contributed by atoms with Gasteiger partial charge in [0.2, 0.25) is 0 Å². The minimum atomic E-state index is -4.84. The summed E-state index contributed by atoms with van der Waals surface area (Å²) in [6.07, 6.45) is -2.30. The fourth-order valence-electron chi connectivity index (χ4n) is 5.73. The summed E-state index contributed by atoms with van der Waals surface area (Å²) in [5, 5.41) is 0. The molecule has 0 spiro atoms. The Kier molecular flexibility index (Phi) is 5.30. The van der Waals surface area contributed by atoms with Crippen LogP contribution in [0.3, 0.4) is 0 Å². The lowest BCUT2D eigenvalue weighted by Gasteiger charge is -2.54. The molecule has 1 aliphatic heterocycles. The van der Waals surface area contributed by atoms with E-state index in [4.69, 9.17) is 9.47 Å². The number of carbonyl (C=O) groups is 2. The highest BCUT2D eigenvalue weighted by molar-refractivity contribution is 5.91. The molecule has 31 heavy (non-hydrogen) atoms. The quantitative estimate of drug-likeness (QED) is 0.488. The van der Waals surface area contributed by atoms with Crippen molar-refractivity contribution < 1.29 is 37.0 Å². The Bertz CT molecular complexity index is 911. The van der Waals surface area contributed by atoms with E-state index in [2.05, 4.69) is 18.2 Å². The summed E-state index contributed by atoms with van der Waals surface area (Å²) in [5.41, 5.74) is 0.471. The molecule has 8 heteroatoms. The predicted octanol–water partition coefficient (Wildman–Crippen LogP) is 5.05. The van der Waals surface area contributed by atoms with E-state index in [0.29, 0.717) is 12.0 Å². The summed E-state index contributed by atoms with van der Waals surface area (Å²) < 4.78 is 52.7. The van der Waals surface area contributed by atoms with Crippen LogP contribution in [0.2, 0.25) is 0 Å². The molecule has 3 aliphatic rings. The largest absolute Gasteiger partial charge is 0.573 e. The van der Waals surface area contributed by atoms with Crippen molar-refractivity contribution in [3.63, 3.8) is 0 Å². The second kappa shape index (κ2) is 7.57. The molecule has 1 unspecified atom stereocenters. The van der Waals surface area contributed by atoms with Crippen LogP contribution in [0, 0.1) is 23.2 Å². The van der Waals surface area contributed by atoms with Crippen LogP contribution in [0.25, 0.3) is 0 Å². The molecule has 5 nitrogen and oxygen atoms in total. The topological polar surface area (TPSA) is 61.8 Å². The summed E-state index contributed by atoms with van der Waals surface area (Å²) in [4.78, 5) is 24.8. The fourth-order valence-corrected chi connectivity index (χ4v) is 5.73. The summed E-state index contributed by atoms with van der Waals surface area (Å²) in [6.45, 7) is 8.07. The van der Waals surface area contributed by atoms with Crippen LogP contribution in [-0.2, 0) is 14.3 Å². The third-order valence-corrected chi connectivity index (χ3v) is 7.25. The molecular formula is C23H25F3O5. The maximum atomic E-state index is 12.7. The minimum absolute atomic E-state index is 0.00974. The number of ether oxygens (including phenoxy) is 3. The maximum absolute atomic E-state index is 12.7. The van der Waals surface area contributed by atoms with Crippen molar-refractivity contribution >= 4 is 11.9 Å². The van der Waals surface area contributed by atoms with Gasteiger partial charge in [0.1, 0.15) is 18.0 Å². The van der Waals surface area contributed by atoms with Gasteiger partial charge in [-0.1, -0.05) is 26.5 Å². The van der Waals surface area contributed by atoms with Gasteiger partial charge in [-0.15, -0.1) is 13.2 Å². The number of esters is 2. The van der Waals surface area contributed by atoms with Gasteiger partial charge in [-0.3, -0.25) is 0 Å². The molecule has 6 atom stereocenters. The average molecular weight is 438 g/mol. The van der Waals surface area contributed by atoms with Crippen LogP contribution in [-0.4, -0.2) is 30.5 Å². The van der Waals surface area contributed by atoms with E-state index in [1.807, 2.05) is 6.92 Å². The molecule has 3 fully saturated rings. The number of benzene rings is 1. The molecule has 0 bridgehead atoms. The number of rotatable bonds is 3. The van der Waals surface area contributed by atoms with E-state index < -0.39 is 24.2 Å². The average Bonchev–Trinajstić information content (AvgIpc) is 2.96. The van der Waals surface area contributed by atoms with E-state index in [9.17, 15) is 22.8 Å². The number of carbonyl (C=O) groups excluding carboxylic acids is 2. The van der Waals surface area contributed by atoms with Crippen LogP contribution >= 0.6 is 0 Å². The zero-order valence-corrected chi connectivity index (χ0v) is 17.4. The molecule has 0 N–H and O–H groups in total. The second-order valence-electron chi connectivity index (χ2n) is 9.14. The molecule has 0 amide bonds. The zero-order chi connectivity index (χ0) is 22.6. The monoisotopic (exact) mass is 438 g/mol. The van der Waals surface area contributed by atoms with Crippen molar-refractivity contribution in [3.8, 4) is 5.75 Å². The summed E-state index contributed by atoms with van der Waals surface area (Å²) in [5.74, 6) is -1.61. The number of alkyl halides is 3. The Hall–Kier alpha value is -2.51. The van der Waals surface area contributed by atoms with Gasteiger partial charge >= 0.3 is 18.3 Å². The minimum Gasteiger partial charge on any atom is -0.458 e. The zero-order valence-electron chi connectivity index (χ0n) is 17.4. The highest BCUT2D eigenvalue weighted by Gasteiger charge is 2.58. The summed E-state index contributed by atoms with van der Waals surface area (Å²) in [6, 6.07) is 4.85. The molecule has 1 saturated heterocycles. The van der Waals surface area contributed by atoms with Crippen LogP contribution in [0.15, 0.2) is 36.4 Å². The SMILES string of the molecule is C=C1C(=O)O[C@@H]2C3[C@@H](C)[C@@H](OC(=O)c4cccc(OC(F)(F)F)c4)CC[C@]3(C)CC[C@@H]12. The van der Waals surface area contributed by atoms with E-state index in [0.717, 1.165) is 31.4 Å². The summed E-state index contributed by atoms with van der Waals surface area (Å²) in [7, 11) is 0. The maximum Gasteiger partial charge on any atom is 0.573 e. The molecule has 2 saturated carbocycles. The number of fused-ring (bicyclic) bond motifs is 3. The van der Waals surface area contributed by atoms with Crippen molar-refractivity contribution in [2.75, 3.05) is 0 Å². The Morgan fingerprint density at radius 3 is 2.68 bits per heavy atom. The predicted molar refractivity (Wildman–Crippen MR) is 104 cm³/mol. The first-order valence-corrected chi connectivity index (χ1v) is 10.4. The fraction of sp³-hybridized carbons (Fsp3) is 0.565. The Labute approximate surface area is 178 Å². The normalized spacial score (nSPS) is 35.1. The standard InChI is InChI=1S/C23H25F3O5/c1-12-16-7-9-22(3)10-8-17(13(2)18(22)19(16)30-20(12)27)29-21(28)14-5-4-6-15(11-14)31-23(24,25)26/h4-6,11,13,16-19H,1,7-10H2,2-3H3/t13-,16-,17-,18?,19-,22-/m0/s1. The Morgan fingerprint density at radius 2 is 1.97 bits per heavy atom. The van der Waals surface area contributed by atoms with Crippen LogP contribution < -0.4 is 4.74 Å². The van der Waals surface area contributed by atoms with Crippen molar-refractivity contribution in [2.45, 2.75) is 58.1 Å². The smallest absolute Gasteiger partial charge is 0.458 e. The van der Waals surface area contributed by atoms with Gasteiger partial charge in [0.25, 0.3) is 0 Å². The lowest BCUT2D eigenvalue weighted by Crippen LogP contribution is -2.53. The van der Waals surface area contributed by atoms with Gasteiger partial charge < -0.3 is 14.2 Å².